The van der Waals surface area contributed by atoms with Gasteiger partial charge >= 0.3 is 0 Å². The third-order valence-electron chi connectivity index (χ3n) is 6.09. The van der Waals surface area contributed by atoms with Crippen LogP contribution in [-0.2, 0) is 4.74 Å². The molecule has 1 saturated carbocycles. The molecule has 3 aliphatic rings. The molecule has 5 rings (SSSR count). The van der Waals surface area contributed by atoms with Crippen LogP contribution in [-0.4, -0.2) is 34.0 Å². The van der Waals surface area contributed by atoms with Crippen LogP contribution in [0.25, 0.3) is 11.3 Å². The molecule has 4 nitrogen and oxygen atoms in total. The van der Waals surface area contributed by atoms with Gasteiger partial charge in [-0.15, -0.1) is 0 Å². The van der Waals surface area contributed by atoms with Crippen molar-refractivity contribution in [2.45, 2.75) is 31.4 Å². The van der Waals surface area contributed by atoms with Crippen molar-refractivity contribution in [2.24, 2.45) is 11.3 Å². The molecular weight excluding hydrogens is 276 g/mol. The summed E-state index contributed by atoms with van der Waals surface area (Å²) in [7, 11) is 0. The van der Waals surface area contributed by atoms with Gasteiger partial charge in [0.05, 0.1) is 30.4 Å². The summed E-state index contributed by atoms with van der Waals surface area (Å²) in [5, 5.41) is 10.9. The number of hydrogen-bond donors (Lipinski definition) is 1. The van der Waals surface area contributed by atoms with Gasteiger partial charge in [-0.25, -0.2) is 4.98 Å². The number of hydrogen-bond acceptors (Lipinski definition) is 3. The van der Waals surface area contributed by atoms with Crippen molar-refractivity contribution in [3.63, 3.8) is 0 Å². The zero-order chi connectivity index (χ0) is 14.7. The van der Waals surface area contributed by atoms with E-state index in [1.54, 1.807) is 0 Å². The zero-order valence-corrected chi connectivity index (χ0v) is 12.5. The van der Waals surface area contributed by atoms with E-state index >= 15 is 0 Å². The second kappa shape index (κ2) is 4.43. The predicted molar refractivity (Wildman–Crippen MR) is 82.4 cm³/mol. The van der Waals surface area contributed by atoms with Crippen LogP contribution in [0, 0.1) is 11.3 Å². The smallest absolute Gasteiger partial charge is 0.0956 e. The van der Waals surface area contributed by atoms with Crippen LogP contribution in [0.1, 0.15) is 30.9 Å². The minimum absolute atomic E-state index is 0.0984. The highest BCUT2D eigenvalue weighted by molar-refractivity contribution is 5.69. The Bertz CT molecular complexity index is 717. The van der Waals surface area contributed by atoms with Crippen molar-refractivity contribution in [1.82, 2.24) is 9.55 Å². The van der Waals surface area contributed by atoms with E-state index in [1.165, 1.54) is 16.8 Å². The van der Waals surface area contributed by atoms with Crippen molar-refractivity contribution in [3.8, 4) is 11.3 Å². The topological polar surface area (TPSA) is 47.3 Å². The summed E-state index contributed by atoms with van der Waals surface area (Å²) in [5.41, 5.74) is 3.89. The van der Waals surface area contributed by atoms with E-state index in [-0.39, 0.29) is 23.5 Å². The van der Waals surface area contributed by atoms with E-state index in [4.69, 9.17) is 4.74 Å². The van der Waals surface area contributed by atoms with Crippen molar-refractivity contribution in [1.29, 1.82) is 0 Å². The normalized spacial score (nSPS) is 31.6. The molecule has 3 atom stereocenters. The summed E-state index contributed by atoms with van der Waals surface area (Å²) >= 11 is 0. The Morgan fingerprint density at radius 1 is 1.23 bits per heavy atom. The Labute approximate surface area is 129 Å². The maximum atomic E-state index is 10.9. The minimum Gasteiger partial charge on any atom is -0.392 e. The van der Waals surface area contributed by atoms with Crippen LogP contribution in [0.15, 0.2) is 36.8 Å². The lowest BCUT2D eigenvalue weighted by Crippen LogP contribution is -2.57. The van der Waals surface area contributed by atoms with Gasteiger partial charge in [-0.05, 0) is 24.8 Å². The standard InChI is InChI=1S/C18H20N2O2/c21-17-14(9-18(17)5-7-22-8-6-18)16-13-4-2-1-3-12(13)15-10-19-11-20(15)16/h1-4,10-11,14,16-17,21H,5-9H2/t14-,16-,17-/m1/s1. The Morgan fingerprint density at radius 2 is 2.05 bits per heavy atom. The molecule has 114 valence electrons. The molecule has 4 heteroatoms. The Balaban J connectivity index is 1.52. The quantitative estimate of drug-likeness (QED) is 0.880. The average molecular weight is 296 g/mol. The second-order valence-electron chi connectivity index (χ2n) is 7.01. The molecule has 2 aliphatic heterocycles. The van der Waals surface area contributed by atoms with Gasteiger partial charge in [0, 0.05) is 30.1 Å². The number of fused-ring (bicyclic) bond motifs is 3. The van der Waals surface area contributed by atoms with Crippen molar-refractivity contribution in [2.75, 3.05) is 13.2 Å². The Kier molecular flexibility index (Phi) is 2.59. The van der Waals surface area contributed by atoms with Gasteiger partial charge in [-0.1, -0.05) is 24.3 Å². The summed E-state index contributed by atoms with van der Waals surface area (Å²) in [6.07, 6.45) is 6.71. The van der Waals surface area contributed by atoms with E-state index in [0.717, 1.165) is 32.5 Å². The summed E-state index contributed by atoms with van der Waals surface area (Å²) in [4.78, 5) is 4.32. The van der Waals surface area contributed by atoms with Crippen LogP contribution in [0.3, 0.4) is 0 Å². The maximum Gasteiger partial charge on any atom is 0.0956 e. The number of ether oxygens (including phenoxy) is 1. The summed E-state index contributed by atoms with van der Waals surface area (Å²) < 4.78 is 7.74. The largest absolute Gasteiger partial charge is 0.392 e. The molecule has 1 aromatic carbocycles. The van der Waals surface area contributed by atoms with E-state index in [2.05, 4.69) is 33.8 Å². The molecular formula is C18H20N2O2. The van der Waals surface area contributed by atoms with Gasteiger partial charge in [0.25, 0.3) is 0 Å². The van der Waals surface area contributed by atoms with Gasteiger partial charge in [-0.2, -0.15) is 0 Å². The van der Waals surface area contributed by atoms with Gasteiger partial charge in [0.15, 0.2) is 0 Å². The third-order valence-corrected chi connectivity index (χ3v) is 6.09. The number of benzene rings is 1. The lowest BCUT2D eigenvalue weighted by molar-refractivity contribution is -0.173. The molecule has 0 bridgehead atoms. The van der Waals surface area contributed by atoms with E-state index in [9.17, 15) is 5.11 Å². The minimum atomic E-state index is -0.234. The highest BCUT2D eigenvalue weighted by Crippen LogP contribution is 2.59. The first-order valence-electron chi connectivity index (χ1n) is 8.17. The summed E-state index contributed by atoms with van der Waals surface area (Å²) in [6.45, 7) is 1.59. The first kappa shape index (κ1) is 12.9. The first-order valence-corrected chi connectivity index (χ1v) is 8.17. The van der Waals surface area contributed by atoms with Crippen LogP contribution >= 0.6 is 0 Å². The zero-order valence-electron chi connectivity index (χ0n) is 12.5. The summed E-state index contributed by atoms with van der Waals surface area (Å²) in [5.74, 6) is 0.287. The molecule has 1 saturated heterocycles. The van der Waals surface area contributed by atoms with Crippen molar-refractivity contribution < 1.29 is 9.84 Å². The highest BCUT2D eigenvalue weighted by Gasteiger charge is 2.57. The monoisotopic (exact) mass is 296 g/mol. The van der Waals surface area contributed by atoms with Crippen LogP contribution in [0.2, 0.25) is 0 Å². The number of aliphatic hydroxyl groups is 1. The lowest BCUT2D eigenvalue weighted by atomic mass is 9.53. The van der Waals surface area contributed by atoms with Gasteiger partial charge in [0.1, 0.15) is 0 Å². The fraction of sp³-hybridized carbons (Fsp3) is 0.500. The molecule has 2 aromatic rings. The molecule has 1 N–H and O–H groups in total. The van der Waals surface area contributed by atoms with Gasteiger partial charge < -0.3 is 14.4 Å². The third kappa shape index (κ3) is 1.52. The second-order valence-corrected chi connectivity index (χ2v) is 7.01. The highest BCUT2D eigenvalue weighted by atomic mass is 16.5. The molecule has 22 heavy (non-hydrogen) atoms. The molecule has 0 unspecified atom stereocenters. The van der Waals surface area contributed by atoms with E-state index in [1.807, 2.05) is 12.5 Å². The lowest BCUT2D eigenvalue weighted by Gasteiger charge is -2.56. The van der Waals surface area contributed by atoms with E-state index < -0.39 is 0 Å². The van der Waals surface area contributed by atoms with Crippen molar-refractivity contribution >= 4 is 0 Å². The van der Waals surface area contributed by atoms with Crippen LogP contribution < -0.4 is 0 Å². The first-order chi connectivity index (χ1) is 10.8. The van der Waals surface area contributed by atoms with E-state index in [0.29, 0.717) is 0 Å². The number of aromatic nitrogens is 2. The maximum absolute atomic E-state index is 10.9. The number of nitrogens with zero attached hydrogens (tertiary/aromatic N) is 2. The fourth-order valence-electron chi connectivity index (χ4n) is 4.87. The van der Waals surface area contributed by atoms with Gasteiger partial charge in [-0.3, -0.25) is 0 Å². The molecule has 1 spiro atoms. The number of aliphatic hydroxyl groups excluding tert-OH is 1. The number of imidazole rings is 1. The van der Waals surface area contributed by atoms with Crippen LogP contribution in [0.4, 0.5) is 0 Å². The molecule has 1 aromatic heterocycles. The molecule has 1 aliphatic carbocycles. The fourth-order valence-corrected chi connectivity index (χ4v) is 4.87. The number of rotatable bonds is 1. The van der Waals surface area contributed by atoms with Crippen molar-refractivity contribution in [3.05, 3.63) is 42.4 Å². The Morgan fingerprint density at radius 3 is 2.86 bits per heavy atom. The Hall–Kier alpha value is -1.65. The molecule has 2 fully saturated rings. The SMILES string of the molecule is O[C@@H]1[C@@H]([C@H]2c3ccccc3-c3cncn32)CC12CCOCC2. The van der Waals surface area contributed by atoms with Crippen LogP contribution in [0.5, 0.6) is 0 Å². The predicted octanol–water partition coefficient (Wildman–Crippen LogP) is 2.63. The van der Waals surface area contributed by atoms with Gasteiger partial charge in [0.2, 0.25) is 0 Å². The molecule has 0 amide bonds. The molecule has 0 radical (unpaired) electrons. The molecule has 3 heterocycles. The average Bonchev–Trinajstić information content (AvgIpc) is 3.14. The summed E-state index contributed by atoms with van der Waals surface area (Å²) in [6, 6.07) is 8.78.